The SMILES string of the molecule is CC(=O)c1c(C)c2cnc(Nc3ccc(N4CCN(C(=O)CCOCCC(=O)N(C)[C@@H](C)C(=O)N[C@H](C(=O)N5CCC[C@H]5c5nc(C(=O)c6ccc(F)cc6)cs5)C5CCCCC5)CC4)cn3)nc2n(C2CCCC2)c1=O. The highest BCUT2D eigenvalue weighted by Crippen LogP contribution is 2.37. The summed E-state index contributed by atoms with van der Waals surface area (Å²) in [6.07, 6.45) is 13.2. The van der Waals surface area contributed by atoms with Crippen molar-refractivity contribution in [3.63, 3.8) is 0 Å². The molecule has 4 aromatic heterocycles. The fourth-order valence-corrected chi connectivity index (χ4v) is 12.3. The van der Waals surface area contributed by atoms with Gasteiger partial charge in [0.15, 0.2) is 5.78 Å². The van der Waals surface area contributed by atoms with Gasteiger partial charge in [-0.15, -0.1) is 11.3 Å². The van der Waals surface area contributed by atoms with E-state index in [9.17, 15) is 38.0 Å². The predicted molar refractivity (Wildman–Crippen MR) is 289 cm³/mol. The van der Waals surface area contributed by atoms with E-state index in [0.29, 0.717) is 72.1 Å². The molecule has 0 spiro atoms. The lowest BCUT2D eigenvalue weighted by atomic mass is 9.83. The molecule has 21 heteroatoms. The van der Waals surface area contributed by atoms with E-state index >= 15 is 0 Å². The van der Waals surface area contributed by atoms with Crippen LogP contribution >= 0.6 is 11.3 Å². The molecule has 1 aromatic carbocycles. The van der Waals surface area contributed by atoms with Crippen LogP contribution in [0.3, 0.4) is 0 Å². The summed E-state index contributed by atoms with van der Waals surface area (Å²) in [6.45, 7) is 7.75. The highest BCUT2D eigenvalue weighted by atomic mass is 32.1. The summed E-state index contributed by atoms with van der Waals surface area (Å²) < 4.78 is 20.9. The van der Waals surface area contributed by atoms with E-state index in [1.807, 2.05) is 12.1 Å². The number of piperazine rings is 1. The number of carbonyl (C=O) groups excluding carboxylic acids is 6. The Labute approximate surface area is 451 Å². The molecule has 2 N–H and O–H groups in total. The number of ketones is 2. The zero-order valence-corrected chi connectivity index (χ0v) is 45.1. The Kier molecular flexibility index (Phi) is 17.5. The summed E-state index contributed by atoms with van der Waals surface area (Å²) in [7, 11) is 1.56. The number of nitrogens with zero attached hydrogens (tertiary/aromatic N) is 9. The van der Waals surface area contributed by atoms with Crippen molar-refractivity contribution in [2.24, 2.45) is 5.92 Å². The second-order valence-electron chi connectivity index (χ2n) is 20.8. The zero-order chi connectivity index (χ0) is 54.3. The van der Waals surface area contributed by atoms with E-state index in [-0.39, 0.29) is 96.1 Å². The van der Waals surface area contributed by atoms with Gasteiger partial charge in [0.25, 0.3) is 5.56 Å². The molecule has 5 aromatic rings. The van der Waals surface area contributed by atoms with Crippen molar-refractivity contribution >= 4 is 75.0 Å². The topological polar surface area (TPSA) is 222 Å². The first-order chi connectivity index (χ1) is 37.2. The van der Waals surface area contributed by atoms with E-state index in [2.05, 4.69) is 30.5 Å². The van der Waals surface area contributed by atoms with Gasteiger partial charge in [-0.3, -0.25) is 38.1 Å². The molecular formula is C56H68FN11O8S. The lowest BCUT2D eigenvalue weighted by Crippen LogP contribution is -2.56. The maximum absolute atomic E-state index is 14.5. The van der Waals surface area contributed by atoms with Crippen LogP contribution in [-0.4, -0.2) is 139 Å². The number of thiazole rings is 1. The van der Waals surface area contributed by atoms with Gasteiger partial charge in [-0.05, 0) is 107 Å². The molecule has 0 unspecified atom stereocenters. The number of halogens is 1. The lowest BCUT2D eigenvalue weighted by molar-refractivity contribution is -0.143. The normalized spacial score (nSPS) is 18.1. The number of carbonyl (C=O) groups is 6. The van der Waals surface area contributed by atoms with Crippen LogP contribution in [0.1, 0.15) is 146 Å². The second-order valence-corrected chi connectivity index (χ2v) is 21.7. The van der Waals surface area contributed by atoms with Crippen molar-refractivity contribution in [3.8, 4) is 0 Å². The maximum atomic E-state index is 14.5. The minimum atomic E-state index is -0.872. The van der Waals surface area contributed by atoms with Crippen molar-refractivity contribution in [2.45, 2.75) is 128 Å². The number of hydrogen-bond acceptors (Lipinski definition) is 15. The van der Waals surface area contributed by atoms with Crippen LogP contribution in [0.2, 0.25) is 0 Å². The summed E-state index contributed by atoms with van der Waals surface area (Å²) >= 11 is 1.31. The van der Waals surface area contributed by atoms with Gasteiger partial charge in [0.05, 0.1) is 49.5 Å². The van der Waals surface area contributed by atoms with E-state index < -0.39 is 23.8 Å². The number of hydrogen-bond donors (Lipinski definition) is 2. The molecule has 2 aliphatic carbocycles. The number of nitrogens with one attached hydrogen (secondary N) is 2. The number of aryl methyl sites for hydroxylation is 1. The number of pyridine rings is 2. The molecule has 4 amide bonds. The van der Waals surface area contributed by atoms with Gasteiger partial charge in [-0.1, -0.05) is 32.1 Å². The predicted octanol–water partition coefficient (Wildman–Crippen LogP) is 7.10. The van der Waals surface area contributed by atoms with Gasteiger partial charge in [0, 0.05) is 68.3 Å². The Balaban J connectivity index is 0.710. The van der Waals surface area contributed by atoms with Crippen molar-refractivity contribution in [1.82, 2.24) is 44.5 Å². The Bertz CT molecular complexity index is 3040. The molecule has 77 heavy (non-hydrogen) atoms. The molecule has 9 rings (SSSR count). The smallest absolute Gasteiger partial charge is 0.263 e. The number of aromatic nitrogens is 5. The van der Waals surface area contributed by atoms with Crippen molar-refractivity contribution in [2.75, 3.05) is 63.2 Å². The van der Waals surface area contributed by atoms with Crippen LogP contribution in [0.5, 0.6) is 0 Å². The third-order valence-corrected chi connectivity index (χ3v) is 16.8. The van der Waals surface area contributed by atoms with Crippen LogP contribution in [0.25, 0.3) is 11.0 Å². The zero-order valence-electron chi connectivity index (χ0n) is 44.3. The van der Waals surface area contributed by atoms with Crippen LogP contribution in [0.4, 0.5) is 21.8 Å². The first kappa shape index (κ1) is 54.8. The number of anilines is 3. The molecule has 3 atom stereocenters. The van der Waals surface area contributed by atoms with E-state index in [1.54, 1.807) is 53.0 Å². The molecule has 0 radical (unpaired) electrons. The van der Waals surface area contributed by atoms with Gasteiger partial charge in [0.1, 0.15) is 40.1 Å². The summed E-state index contributed by atoms with van der Waals surface area (Å²) in [4.78, 5) is 120. The van der Waals surface area contributed by atoms with Gasteiger partial charge in [-0.2, -0.15) is 4.98 Å². The number of likely N-dealkylation sites (N-methyl/N-ethyl adjacent to an activating group) is 1. The molecule has 408 valence electrons. The lowest BCUT2D eigenvalue weighted by Gasteiger charge is -2.36. The first-order valence-electron chi connectivity index (χ1n) is 27.0. The number of ether oxygens (including phenoxy) is 1. The third-order valence-electron chi connectivity index (χ3n) is 15.9. The average molecular weight is 1070 g/mol. The summed E-state index contributed by atoms with van der Waals surface area (Å²) in [6, 6.07) is 7.04. The molecule has 2 saturated carbocycles. The monoisotopic (exact) mass is 1070 g/mol. The van der Waals surface area contributed by atoms with E-state index in [0.717, 1.165) is 69.9 Å². The average Bonchev–Trinajstić information content (AvgIpc) is 4.31. The van der Waals surface area contributed by atoms with Crippen LogP contribution < -0.4 is 21.1 Å². The number of Topliss-reactive ketones (excluding diaryl/α,β-unsaturated/α-hetero) is 1. The Morgan fingerprint density at radius 1 is 0.844 bits per heavy atom. The van der Waals surface area contributed by atoms with Gasteiger partial charge < -0.3 is 35.0 Å². The quantitative estimate of drug-likeness (QED) is 0.0622. The molecule has 6 heterocycles. The van der Waals surface area contributed by atoms with Crippen LogP contribution in [0.15, 0.2) is 59.0 Å². The standard InChI is InChI=1S/C56H68FN11O8S/c1-34-42-32-59-56(63-51(42)68(40-13-8-9-14-40)54(74)48(34)36(3)69)61-45-21-20-41(31-58-45)65-25-27-66(28-26-65)47(71)23-30-76-29-22-46(70)64(4)35(2)52(73)62-49(37-11-6-5-7-12-37)55(75)67-24-10-15-44(67)53-60-43(33-77-53)50(72)38-16-18-39(57)19-17-38/h16-21,31-33,35,37,40,44,49H,5-15,22-30H2,1-4H3,(H,62,73)(H,58,59,61,63)/t35-,44-,49-/m0/s1. The molecular weight excluding hydrogens is 1010 g/mol. The van der Waals surface area contributed by atoms with Gasteiger partial charge in [-0.25, -0.2) is 19.3 Å². The fraction of sp³-hybridized carbons (Fsp3) is 0.518. The minimum absolute atomic E-state index is 0.00386. The van der Waals surface area contributed by atoms with Gasteiger partial charge in [0.2, 0.25) is 35.4 Å². The molecule has 19 nitrogen and oxygen atoms in total. The molecule has 2 saturated heterocycles. The molecule has 0 bridgehead atoms. The number of benzene rings is 1. The summed E-state index contributed by atoms with van der Waals surface area (Å²) in [5.74, 6) is -1.27. The number of likely N-dealkylation sites (tertiary alicyclic amines) is 1. The first-order valence-corrected chi connectivity index (χ1v) is 27.9. The Morgan fingerprint density at radius 2 is 1.56 bits per heavy atom. The highest BCUT2D eigenvalue weighted by Gasteiger charge is 2.41. The van der Waals surface area contributed by atoms with Crippen molar-refractivity contribution < 1.29 is 37.9 Å². The minimum Gasteiger partial charge on any atom is -0.380 e. The summed E-state index contributed by atoms with van der Waals surface area (Å²) in [5, 5.41) is 9.20. The van der Waals surface area contributed by atoms with Crippen molar-refractivity contribution in [1.29, 1.82) is 0 Å². The van der Waals surface area contributed by atoms with Crippen LogP contribution in [0, 0.1) is 18.7 Å². The number of fused-ring (bicyclic) bond motifs is 1. The van der Waals surface area contributed by atoms with Crippen LogP contribution in [-0.2, 0) is 23.9 Å². The molecule has 2 aliphatic heterocycles. The molecule has 4 aliphatic rings. The van der Waals surface area contributed by atoms with Gasteiger partial charge >= 0.3 is 0 Å². The maximum Gasteiger partial charge on any atom is 0.263 e. The number of amides is 4. The fourth-order valence-electron chi connectivity index (χ4n) is 11.3. The third kappa shape index (κ3) is 12.4. The second kappa shape index (κ2) is 24.6. The van der Waals surface area contributed by atoms with Crippen molar-refractivity contribution in [3.05, 3.63) is 97.7 Å². The Morgan fingerprint density at radius 3 is 2.26 bits per heavy atom. The summed E-state index contributed by atoms with van der Waals surface area (Å²) in [5.41, 5.74) is 2.41. The largest absolute Gasteiger partial charge is 0.380 e. The molecule has 4 fully saturated rings. The highest BCUT2D eigenvalue weighted by molar-refractivity contribution is 7.10. The number of rotatable bonds is 19. The Hall–Kier alpha value is -7.00. The van der Waals surface area contributed by atoms with E-state index in [1.165, 1.54) is 47.4 Å². The van der Waals surface area contributed by atoms with E-state index in [4.69, 9.17) is 9.72 Å².